The smallest absolute Gasteiger partial charge is 0.323 e. The molecular weight excluding hydrogens is 318 g/mol. The normalized spacial score (nSPS) is 13.1. The van der Waals surface area contributed by atoms with Crippen LogP contribution in [0.5, 0.6) is 5.75 Å². The predicted octanol–water partition coefficient (Wildman–Crippen LogP) is 3.45. The van der Waals surface area contributed by atoms with Gasteiger partial charge in [-0.3, -0.25) is 14.9 Å². The first-order valence-electron chi connectivity index (χ1n) is 8.44. The maximum Gasteiger partial charge on any atom is 0.323 e. The van der Waals surface area contributed by atoms with Crippen LogP contribution >= 0.6 is 0 Å². The van der Waals surface area contributed by atoms with Crippen molar-refractivity contribution in [3.63, 3.8) is 0 Å². The average molecular weight is 347 g/mol. The summed E-state index contributed by atoms with van der Waals surface area (Å²) in [6.07, 6.45) is 1.85. The van der Waals surface area contributed by atoms with Crippen LogP contribution in [0.3, 0.4) is 0 Å². The molecule has 1 N–H and O–H groups in total. The third kappa shape index (κ3) is 6.35. The van der Waals surface area contributed by atoms with Crippen LogP contribution < -0.4 is 10.1 Å². The van der Waals surface area contributed by atoms with Crippen LogP contribution in [0.4, 0.5) is 0 Å². The molecule has 0 saturated carbocycles. The average Bonchev–Trinajstić information content (AvgIpc) is 2.56. The zero-order chi connectivity index (χ0) is 19.0. The minimum atomic E-state index is -0.514. The van der Waals surface area contributed by atoms with E-state index in [0.29, 0.717) is 5.75 Å². The standard InChI is InChI=1S/C20H29NO4/c1-13(2)11-15(22)12-17(16-9-7-8-10-18(16)24-5)21-19(14(3)4)20(23)25-6/h7-11,14,17,19,21H,12H2,1-6H3/t17?,19-/m0/s1. The first-order chi connectivity index (χ1) is 11.8. The number of methoxy groups -OCH3 is 2. The van der Waals surface area contributed by atoms with Crippen LogP contribution in [-0.2, 0) is 14.3 Å². The Morgan fingerprint density at radius 3 is 2.32 bits per heavy atom. The van der Waals surface area contributed by atoms with E-state index in [9.17, 15) is 9.59 Å². The number of hydrogen-bond acceptors (Lipinski definition) is 5. The summed E-state index contributed by atoms with van der Waals surface area (Å²) in [5.74, 6) is 0.348. The Kier molecular flexibility index (Phi) is 8.35. The first-order valence-corrected chi connectivity index (χ1v) is 8.44. The quantitative estimate of drug-likeness (QED) is 0.547. The number of ether oxygens (including phenoxy) is 2. The first kappa shape index (κ1) is 20.9. The zero-order valence-electron chi connectivity index (χ0n) is 16.0. The SMILES string of the molecule is COC(=O)[C@@H](NC(CC(=O)C=C(C)C)c1ccccc1OC)C(C)C. The van der Waals surface area contributed by atoms with Gasteiger partial charge in [0.2, 0.25) is 0 Å². The molecule has 5 nitrogen and oxygen atoms in total. The van der Waals surface area contributed by atoms with Gasteiger partial charge in [0.25, 0.3) is 0 Å². The van der Waals surface area contributed by atoms with Gasteiger partial charge in [0.1, 0.15) is 11.8 Å². The number of carbonyl (C=O) groups is 2. The summed E-state index contributed by atoms with van der Waals surface area (Å²) in [5.41, 5.74) is 1.78. The molecule has 0 spiro atoms. The fourth-order valence-corrected chi connectivity index (χ4v) is 2.67. The van der Waals surface area contributed by atoms with Crippen molar-refractivity contribution in [2.24, 2.45) is 5.92 Å². The molecule has 1 unspecified atom stereocenters. The Morgan fingerprint density at radius 1 is 1.16 bits per heavy atom. The number of hydrogen-bond donors (Lipinski definition) is 1. The monoisotopic (exact) mass is 347 g/mol. The molecule has 5 heteroatoms. The van der Waals surface area contributed by atoms with E-state index in [4.69, 9.17) is 9.47 Å². The lowest BCUT2D eigenvalue weighted by atomic mass is 9.96. The Bertz CT molecular complexity index is 618. The van der Waals surface area contributed by atoms with Crippen molar-refractivity contribution in [2.75, 3.05) is 14.2 Å². The van der Waals surface area contributed by atoms with Crippen molar-refractivity contribution in [2.45, 2.75) is 46.2 Å². The van der Waals surface area contributed by atoms with E-state index in [1.807, 2.05) is 52.0 Å². The lowest BCUT2D eigenvalue weighted by molar-refractivity contribution is -0.144. The largest absolute Gasteiger partial charge is 0.496 e. The van der Waals surface area contributed by atoms with Gasteiger partial charge < -0.3 is 9.47 Å². The minimum absolute atomic E-state index is 0.00391. The van der Waals surface area contributed by atoms with Gasteiger partial charge in [-0.15, -0.1) is 0 Å². The highest BCUT2D eigenvalue weighted by Gasteiger charge is 2.28. The fourth-order valence-electron chi connectivity index (χ4n) is 2.67. The van der Waals surface area contributed by atoms with Crippen molar-refractivity contribution in [1.82, 2.24) is 5.32 Å². The molecule has 0 saturated heterocycles. The van der Waals surface area contributed by atoms with Crippen molar-refractivity contribution in [3.05, 3.63) is 41.5 Å². The number of nitrogens with one attached hydrogen (secondary N) is 1. The molecule has 0 bridgehead atoms. The van der Waals surface area contributed by atoms with Gasteiger partial charge in [-0.05, 0) is 31.9 Å². The van der Waals surface area contributed by atoms with E-state index in [0.717, 1.165) is 11.1 Å². The van der Waals surface area contributed by atoms with Crippen LogP contribution in [0.2, 0.25) is 0 Å². The van der Waals surface area contributed by atoms with E-state index >= 15 is 0 Å². The molecule has 1 rings (SSSR count). The van der Waals surface area contributed by atoms with E-state index in [2.05, 4.69) is 5.32 Å². The van der Waals surface area contributed by atoms with Gasteiger partial charge in [0.05, 0.1) is 14.2 Å². The summed E-state index contributed by atoms with van der Waals surface area (Å²) in [7, 11) is 2.96. The predicted molar refractivity (Wildman–Crippen MR) is 98.6 cm³/mol. The highest BCUT2D eigenvalue weighted by Crippen LogP contribution is 2.28. The van der Waals surface area contributed by atoms with Gasteiger partial charge in [-0.25, -0.2) is 0 Å². The maximum absolute atomic E-state index is 12.4. The van der Waals surface area contributed by atoms with Gasteiger partial charge in [-0.2, -0.15) is 0 Å². The van der Waals surface area contributed by atoms with Gasteiger partial charge in [0.15, 0.2) is 5.78 Å². The molecule has 0 aliphatic carbocycles. The van der Waals surface area contributed by atoms with Crippen LogP contribution in [0.15, 0.2) is 35.9 Å². The Labute approximate surface area is 150 Å². The molecule has 0 heterocycles. The molecule has 0 fully saturated rings. The summed E-state index contributed by atoms with van der Waals surface area (Å²) < 4.78 is 10.3. The Morgan fingerprint density at radius 2 is 1.80 bits per heavy atom. The topological polar surface area (TPSA) is 64.6 Å². The highest BCUT2D eigenvalue weighted by molar-refractivity contribution is 5.90. The van der Waals surface area contributed by atoms with Crippen LogP contribution in [0.1, 0.15) is 45.7 Å². The maximum atomic E-state index is 12.4. The molecule has 1 aromatic rings. The summed E-state index contributed by atoms with van der Waals surface area (Å²) in [4.78, 5) is 24.5. The summed E-state index contributed by atoms with van der Waals surface area (Å²) in [5, 5.41) is 3.29. The second kappa shape index (κ2) is 9.99. The number of rotatable bonds is 9. The fraction of sp³-hybridized carbons (Fsp3) is 0.500. The number of carbonyl (C=O) groups excluding carboxylic acids is 2. The lowest BCUT2D eigenvalue weighted by Crippen LogP contribution is -2.44. The Hall–Kier alpha value is -2.14. The number of benzene rings is 1. The molecule has 0 aromatic heterocycles. The summed E-state index contributed by atoms with van der Waals surface area (Å²) in [6.45, 7) is 7.64. The molecule has 1 aromatic carbocycles. The van der Waals surface area contributed by atoms with Crippen LogP contribution in [0, 0.1) is 5.92 Å². The second-order valence-electron chi connectivity index (χ2n) is 6.60. The number of allylic oxidation sites excluding steroid dienone is 2. The molecular formula is C20H29NO4. The molecule has 2 atom stereocenters. The number of para-hydroxylation sites is 1. The van der Waals surface area contributed by atoms with Gasteiger partial charge in [0, 0.05) is 18.0 Å². The number of esters is 1. The molecule has 0 aliphatic heterocycles. The Balaban J connectivity index is 3.20. The van der Waals surface area contributed by atoms with Crippen molar-refractivity contribution in [3.8, 4) is 5.75 Å². The molecule has 0 aliphatic rings. The zero-order valence-corrected chi connectivity index (χ0v) is 16.0. The van der Waals surface area contributed by atoms with Gasteiger partial charge >= 0.3 is 5.97 Å². The third-order valence-corrected chi connectivity index (χ3v) is 3.87. The second-order valence-corrected chi connectivity index (χ2v) is 6.60. The molecule has 0 amide bonds. The third-order valence-electron chi connectivity index (χ3n) is 3.87. The molecule has 0 radical (unpaired) electrons. The summed E-state index contributed by atoms with van der Waals surface area (Å²) >= 11 is 0. The van der Waals surface area contributed by atoms with Crippen molar-refractivity contribution in [1.29, 1.82) is 0 Å². The minimum Gasteiger partial charge on any atom is -0.496 e. The van der Waals surface area contributed by atoms with E-state index in [-0.39, 0.29) is 30.1 Å². The summed E-state index contributed by atoms with van der Waals surface area (Å²) in [6, 6.07) is 6.64. The molecule has 25 heavy (non-hydrogen) atoms. The van der Waals surface area contributed by atoms with Gasteiger partial charge in [-0.1, -0.05) is 37.6 Å². The lowest BCUT2D eigenvalue weighted by Gasteiger charge is -2.27. The highest BCUT2D eigenvalue weighted by atomic mass is 16.5. The van der Waals surface area contributed by atoms with Crippen LogP contribution in [-0.4, -0.2) is 32.0 Å². The number of ketones is 1. The van der Waals surface area contributed by atoms with Crippen molar-refractivity contribution < 1.29 is 19.1 Å². The van der Waals surface area contributed by atoms with Crippen LogP contribution in [0.25, 0.3) is 0 Å². The van der Waals surface area contributed by atoms with Crippen molar-refractivity contribution >= 4 is 11.8 Å². The van der Waals surface area contributed by atoms with E-state index in [1.54, 1.807) is 13.2 Å². The van der Waals surface area contributed by atoms with E-state index in [1.165, 1.54) is 7.11 Å². The molecule has 138 valence electrons. The van der Waals surface area contributed by atoms with E-state index < -0.39 is 6.04 Å².